The van der Waals surface area contributed by atoms with Crippen molar-refractivity contribution in [2.24, 2.45) is 0 Å². The Labute approximate surface area is 89.9 Å². The van der Waals surface area contributed by atoms with E-state index in [2.05, 4.69) is 49.1 Å². The Kier molecular flexibility index (Phi) is 2.47. The Morgan fingerprint density at radius 2 is 1.87 bits per heavy atom. The number of H-pyrrole nitrogens is 1. The van der Waals surface area contributed by atoms with Gasteiger partial charge in [-0.2, -0.15) is 10.2 Å². The first-order chi connectivity index (χ1) is 7.11. The molecule has 2 aromatic heterocycles. The standard InChI is InChI=1S/C12H17N3/c1-7(2)9-5-13-10-6-14-15-12(8(3)4)11(9)10/h5-8,13H,1-4H3. The van der Waals surface area contributed by atoms with Crippen LogP contribution in [0.2, 0.25) is 0 Å². The van der Waals surface area contributed by atoms with Gasteiger partial charge in [-0.25, -0.2) is 0 Å². The maximum Gasteiger partial charge on any atom is 0.0752 e. The minimum atomic E-state index is 0.412. The smallest absolute Gasteiger partial charge is 0.0752 e. The van der Waals surface area contributed by atoms with Crippen molar-refractivity contribution >= 4 is 10.9 Å². The molecular formula is C12H17N3. The number of hydrogen-bond donors (Lipinski definition) is 1. The third-order valence-electron chi connectivity index (χ3n) is 2.72. The Bertz CT molecular complexity index is 469. The van der Waals surface area contributed by atoms with Gasteiger partial charge in [0.25, 0.3) is 0 Å². The lowest BCUT2D eigenvalue weighted by Gasteiger charge is -2.08. The molecule has 1 N–H and O–H groups in total. The second kappa shape index (κ2) is 3.65. The molecule has 0 radical (unpaired) electrons. The van der Waals surface area contributed by atoms with Gasteiger partial charge in [-0.1, -0.05) is 27.7 Å². The number of nitrogens with zero attached hydrogens (tertiary/aromatic N) is 2. The number of aromatic nitrogens is 3. The van der Waals surface area contributed by atoms with Gasteiger partial charge in [0.1, 0.15) is 0 Å². The number of hydrogen-bond acceptors (Lipinski definition) is 2. The molecule has 2 rings (SSSR count). The van der Waals surface area contributed by atoms with Crippen LogP contribution < -0.4 is 0 Å². The van der Waals surface area contributed by atoms with E-state index in [0.717, 1.165) is 11.2 Å². The van der Waals surface area contributed by atoms with Crippen LogP contribution in [0.15, 0.2) is 12.4 Å². The molecule has 0 amide bonds. The third-order valence-corrected chi connectivity index (χ3v) is 2.72. The molecule has 0 aliphatic carbocycles. The van der Waals surface area contributed by atoms with E-state index in [1.54, 1.807) is 6.20 Å². The minimum Gasteiger partial charge on any atom is -0.360 e. The van der Waals surface area contributed by atoms with E-state index in [1.165, 1.54) is 10.9 Å². The first-order valence-corrected chi connectivity index (χ1v) is 5.43. The van der Waals surface area contributed by atoms with E-state index in [-0.39, 0.29) is 0 Å². The molecule has 80 valence electrons. The molecule has 0 saturated carbocycles. The number of fused-ring (bicyclic) bond motifs is 1. The molecule has 0 aliphatic heterocycles. The van der Waals surface area contributed by atoms with Gasteiger partial charge >= 0.3 is 0 Å². The molecular weight excluding hydrogens is 186 g/mol. The van der Waals surface area contributed by atoms with Gasteiger partial charge in [-0.15, -0.1) is 0 Å². The maximum absolute atomic E-state index is 4.25. The summed E-state index contributed by atoms with van der Waals surface area (Å²) < 4.78 is 0. The summed E-state index contributed by atoms with van der Waals surface area (Å²) in [5.41, 5.74) is 3.53. The van der Waals surface area contributed by atoms with E-state index >= 15 is 0 Å². The largest absolute Gasteiger partial charge is 0.360 e. The highest BCUT2D eigenvalue weighted by Crippen LogP contribution is 2.29. The molecule has 0 spiro atoms. The van der Waals surface area contributed by atoms with Crippen LogP contribution in [-0.4, -0.2) is 15.2 Å². The van der Waals surface area contributed by atoms with Crippen molar-refractivity contribution in [3.8, 4) is 0 Å². The van der Waals surface area contributed by atoms with Gasteiger partial charge < -0.3 is 4.98 Å². The highest BCUT2D eigenvalue weighted by Gasteiger charge is 2.14. The Morgan fingerprint density at radius 3 is 2.47 bits per heavy atom. The minimum absolute atomic E-state index is 0.412. The van der Waals surface area contributed by atoms with Gasteiger partial charge in [0.05, 0.1) is 17.4 Å². The fraction of sp³-hybridized carbons (Fsp3) is 0.500. The summed E-state index contributed by atoms with van der Waals surface area (Å²) in [6.07, 6.45) is 3.87. The van der Waals surface area contributed by atoms with Crippen molar-refractivity contribution in [2.45, 2.75) is 39.5 Å². The molecule has 0 saturated heterocycles. The van der Waals surface area contributed by atoms with Crippen LogP contribution in [-0.2, 0) is 0 Å². The molecule has 0 atom stereocenters. The average Bonchev–Trinajstić information content (AvgIpc) is 2.60. The molecule has 0 fully saturated rings. The molecule has 0 aromatic carbocycles. The predicted octanol–water partition coefficient (Wildman–Crippen LogP) is 3.20. The highest BCUT2D eigenvalue weighted by molar-refractivity contribution is 5.85. The zero-order chi connectivity index (χ0) is 11.0. The molecule has 0 unspecified atom stereocenters. The molecule has 2 heterocycles. The number of rotatable bonds is 2. The SMILES string of the molecule is CC(C)c1c[nH]c2cnnc(C(C)C)c12. The fourth-order valence-electron chi connectivity index (χ4n) is 1.90. The lowest BCUT2D eigenvalue weighted by molar-refractivity contribution is 0.793. The summed E-state index contributed by atoms with van der Waals surface area (Å²) in [7, 11) is 0. The summed E-state index contributed by atoms with van der Waals surface area (Å²) >= 11 is 0. The van der Waals surface area contributed by atoms with Crippen LogP contribution in [0.5, 0.6) is 0 Å². The second-order valence-corrected chi connectivity index (χ2v) is 4.57. The maximum atomic E-state index is 4.25. The van der Waals surface area contributed by atoms with Gasteiger partial charge in [-0.05, 0) is 17.4 Å². The fourth-order valence-corrected chi connectivity index (χ4v) is 1.90. The lowest BCUT2D eigenvalue weighted by atomic mass is 9.98. The van der Waals surface area contributed by atoms with E-state index in [1.807, 2.05) is 0 Å². The highest BCUT2D eigenvalue weighted by atomic mass is 15.1. The van der Waals surface area contributed by atoms with Crippen LogP contribution in [0.4, 0.5) is 0 Å². The van der Waals surface area contributed by atoms with Crippen LogP contribution in [0.1, 0.15) is 50.8 Å². The van der Waals surface area contributed by atoms with Crippen molar-refractivity contribution in [1.82, 2.24) is 15.2 Å². The number of nitrogens with one attached hydrogen (secondary N) is 1. The van der Waals surface area contributed by atoms with Gasteiger partial charge in [0.15, 0.2) is 0 Å². The summed E-state index contributed by atoms with van der Waals surface area (Å²) in [6.45, 7) is 8.71. The first-order valence-electron chi connectivity index (χ1n) is 5.43. The molecule has 3 heteroatoms. The molecule has 15 heavy (non-hydrogen) atoms. The van der Waals surface area contributed by atoms with Crippen LogP contribution in [0, 0.1) is 0 Å². The third kappa shape index (κ3) is 1.62. The lowest BCUT2D eigenvalue weighted by Crippen LogP contribution is -1.97. The zero-order valence-corrected chi connectivity index (χ0v) is 9.70. The van der Waals surface area contributed by atoms with Crippen LogP contribution >= 0.6 is 0 Å². The monoisotopic (exact) mass is 203 g/mol. The van der Waals surface area contributed by atoms with Crippen molar-refractivity contribution in [3.63, 3.8) is 0 Å². The molecule has 3 nitrogen and oxygen atoms in total. The van der Waals surface area contributed by atoms with Crippen molar-refractivity contribution in [3.05, 3.63) is 23.7 Å². The Morgan fingerprint density at radius 1 is 1.13 bits per heavy atom. The Hall–Kier alpha value is -1.38. The van der Waals surface area contributed by atoms with E-state index in [0.29, 0.717) is 11.8 Å². The summed E-state index contributed by atoms with van der Waals surface area (Å²) in [5.74, 6) is 0.926. The van der Waals surface area contributed by atoms with Gasteiger partial charge in [0.2, 0.25) is 0 Å². The quantitative estimate of drug-likeness (QED) is 0.814. The topological polar surface area (TPSA) is 41.6 Å². The molecule has 0 aliphatic rings. The van der Waals surface area contributed by atoms with Crippen molar-refractivity contribution in [1.29, 1.82) is 0 Å². The summed E-state index contributed by atoms with van der Waals surface area (Å²) in [6, 6.07) is 0. The van der Waals surface area contributed by atoms with Gasteiger partial charge in [0, 0.05) is 11.6 Å². The van der Waals surface area contributed by atoms with Crippen molar-refractivity contribution in [2.75, 3.05) is 0 Å². The van der Waals surface area contributed by atoms with Crippen molar-refractivity contribution < 1.29 is 0 Å². The summed E-state index contributed by atoms with van der Waals surface area (Å²) in [4.78, 5) is 3.26. The zero-order valence-electron chi connectivity index (χ0n) is 9.70. The van der Waals surface area contributed by atoms with E-state index in [9.17, 15) is 0 Å². The average molecular weight is 203 g/mol. The van der Waals surface area contributed by atoms with E-state index < -0.39 is 0 Å². The summed E-state index contributed by atoms with van der Waals surface area (Å²) in [5, 5.41) is 9.54. The second-order valence-electron chi connectivity index (χ2n) is 4.57. The number of aromatic amines is 1. The van der Waals surface area contributed by atoms with Gasteiger partial charge in [-0.3, -0.25) is 0 Å². The van der Waals surface area contributed by atoms with Crippen LogP contribution in [0.3, 0.4) is 0 Å². The predicted molar refractivity (Wildman–Crippen MR) is 62.1 cm³/mol. The molecule has 0 bridgehead atoms. The van der Waals surface area contributed by atoms with E-state index in [4.69, 9.17) is 0 Å². The Balaban J connectivity index is 2.75. The molecule has 2 aromatic rings. The normalized spacial score (nSPS) is 11.9. The van der Waals surface area contributed by atoms with Crippen LogP contribution in [0.25, 0.3) is 10.9 Å². The first kappa shape index (κ1) is 10.1.